The van der Waals surface area contributed by atoms with E-state index in [1.165, 1.54) is 18.2 Å². The lowest BCUT2D eigenvalue weighted by Gasteiger charge is -2.26. The van der Waals surface area contributed by atoms with Crippen molar-refractivity contribution in [2.24, 2.45) is 5.14 Å². The SMILES string of the molecule is NS(=O)(=O)c1ccc(OC2c3cc(Cl)cc(F)c3CC2NC2CCCC2)c(F)c1. The molecule has 2 aliphatic rings. The summed E-state index contributed by atoms with van der Waals surface area (Å²) in [5.41, 5.74) is 1.07. The van der Waals surface area contributed by atoms with Crippen molar-refractivity contribution in [3.8, 4) is 5.75 Å². The predicted molar refractivity (Wildman–Crippen MR) is 105 cm³/mol. The van der Waals surface area contributed by atoms with E-state index in [4.69, 9.17) is 21.5 Å². The van der Waals surface area contributed by atoms with Gasteiger partial charge in [-0.05, 0) is 55.2 Å². The zero-order chi connectivity index (χ0) is 20.8. The van der Waals surface area contributed by atoms with Gasteiger partial charge in [0.2, 0.25) is 10.0 Å². The first-order chi connectivity index (χ1) is 13.7. The van der Waals surface area contributed by atoms with E-state index >= 15 is 0 Å². The van der Waals surface area contributed by atoms with Crippen molar-refractivity contribution < 1.29 is 21.9 Å². The molecule has 0 saturated heterocycles. The Hall–Kier alpha value is -1.74. The Labute approximate surface area is 173 Å². The Bertz CT molecular complexity index is 1040. The number of nitrogens with two attached hydrogens (primary N) is 1. The molecule has 3 N–H and O–H groups in total. The molecule has 9 heteroatoms. The molecule has 0 aromatic heterocycles. The lowest BCUT2D eigenvalue weighted by atomic mass is 10.1. The maximum Gasteiger partial charge on any atom is 0.238 e. The first kappa shape index (κ1) is 20.5. The van der Waals surface area contributed by atoms with Gasteiger partial charge in [0.1, 0.15) is 11.9 Å². The minimum Gasteiger partial charge on any atom is -0.481 e. The molecule has 0 heterocycles. The van der Waals surface area contributed by atoms with Crippen LogP contribution in [0.3, 0.4) is 0 Å². The molecule has 0 aliphatic heterocycles. The molecular formula is C20H21ClF2N2O3S. The Morgan fingerprint density at radius 1 is 1.10 bits per heavy atom. The molecule has 5 nitrogen and oxygen atoms in total. The highest BCUT2D eigenvalue weighted by atomic mass is 35.5. The fraction of sp³-hybridized carbons (Fsp3) is 0.400. The molecule has 0 spiro atoms. The number of ether oxygens (including phenoxy) is 1. The molecule has 2 unspecified atom stereocenters. The van der Waals surface area contributed by atoms with Crippen molar-refractivity contribution in [3.05, 3.63) is 58.1 Å². The summed E-state index contributed by atoms with van der Waals surface area (Å²) in [4.78, 5) is -0.344. The van der Waals surface area contributed by atoms with Crippen LogP contribution in [0.1, 0.15) is 42.9 Å². The van der Waals surface area contributed by atoms with Gasteiger partial charge in [0, 0.05) is 16.6 Å². The molecule has 2 aromatic carbocycles. The molecular weight excluding hydrogens is 422 g/mol. The zero-order valence-electron chi connectivity index (χ0n) is 15.5. The van der Waals surface area contributed by atoms with Crippen LogP contribution in [0.5, 0.6) is 5.75 Å². The molecule has 2 aliphatic carbocycles. The number of hydrogen-bond acceptors (Lipinski definition) is 4. The minimum absolute atomic E-state index is 0.131. The molecule has 4 rings (SSSR count). The second-order valence-corrected chi connectivity index (χ2v) is 9.59. The number of sulfonamides is 1. The van der Waals surface area contributed by atoms with Crippen LogP contribution in [0.15, 0.2) is 35.2 Å². The van der Waals surface area contributed by atoms with Gasteiger partial charge < -0.3 is 10.1 Å². The average Bonchev–Trinajstić information content (AvgIpc) is 3.25. The van der Waals surface area contributed by atoms with Crippen molar-refractivity contribution >= 4 is 21.6 Å². The highest BCUT2D eigenvalue weighted by Gasteiger charge is 2.38. The molecule has 29 heavy (non-hydrogen) atoms. The third-order valence-electron chi connectivity index (χ3n) is 5.58. The molecule has 0 amide bonds. The smallest absolute Gasteiger partial charge is 0.238 e. The van der Waals surface area contributed by atoms with Gasteiger partial charge in [-0.25, -0.2) is 22.3 Å². The van der Waals surface area contributed by atoms with Gasteiger partial charge in [-0.1, -0.05) is 24.4 Å². The quantitative estimate of drug-likeness (QED) is 0.737. The van der Waals surface area contributed by atoms with Crippen LogP contribution < -0.4 is 15.2 Å². The Morgan fingerprint density at radius 3 is 2.48 bits per heavy atom. The van der Waals surface area contributed by atoms with E-state index < -0.39 is 27.8 Å². The zero-order valence-corrected chi connectivity index (χ0v) is 17.1. The Morgan fingerprint density at radius 2 is 1.83 bits per heavy atom. The summed E-state index contributed by atoms with van der Waals surface area (Å²) in [5, 5.41) is 8.81. The number of halogens is 3. The van der Waals surface area contributed by atoms with Crippen LogP contribution in [0.25, 0.3) is 0 Å². The van der Waals surface area contributed by atoms with Crippen molar-refractivity contribution in [1.29, 1.82) is 0 Å². The standard InChI is InChI=1S/C20H21ClF2N2O3S/c21-11-7-15-14(16(22)8-11)10-18(25-12-3-1-2-4-12)20(15)28-19-6-5-13(9-17(19)23)29(24,26)27/h5-9,12,18,20,25H,1-4,10H2,(H2,24,26,27). The summed E-state index contributed by atoms with van der Waals surface area (Å²) in [6.45, 7) is 0. The lowest BCUT2D eigenvalue weighted by Crippen LogP contribution is -2.41. The average molecular weight is 443 g/mol. The van der Waals surface area contributed by atoms with E-state index in [2.05, 4.69) is 5.32 Å². The molecule has 2 aromatic rings. The topological polar surface area (TPSA) is 81.4 Å². The van der Waals surface area contributed by atoms with Crippen LogP contribution in [-0.4, -0.2) is 20.5 Å². The summed E-state index contributed by atoms with van der Waals surface area (Å²) in [7, 11) is -4.03. The second kappa shape index (κ2) is 7.83. The first-order valence-corrected chi connectivity index (χ1v) is 11.4. The van der Waals surface area contributed by atoms with Gasteiger partial charge in [-0.3, -0.25) is 0 Å². The van der Waals surface area contributed by atoms with Gasteiger partial charge in [0.05, 0.1) is 10.9 Å². The summed E-state index contributed by atoms with van der Waals surface area (Å²) in [5.74, 6) is -1.40. The third kappa shape index (κ3) is 4.26. The van der Waals surface area contributed by atoms with Crippen LogP contribution in [-0.2, 0) is 16.4 Å². The van der Waals surface area contributed by atoms with Gasteiger partial charge in [-0.2, -0.15) is 0 Å². The van der Waals surface area contributed by atoms with Gasteiger partial charge in [0.25, 0.3) is 0 Å². The monoisotopic (exact) mass is 442 g/mol. The number of benzene rings is 2. The van der Waals surface area contributed by atoms with E-state index in [-0.39, 0.29) is 21.7 Å². The number of nitrogens with one attached hydrogen (secondary N) is 1. The first-order valence-electron chi connectivity index (χ1n) is 9.45. The maximum atomic E-state index is 14.5. The number of primary sulfonamides is 1. The van der Waals surface area contributed by atoms with E-state index in [0.29, 0.717) is 23.6 Å². The van der Waals surface area contributed by atoms with Crippen molar-refractivity contribution in [2.45, 2.75) is 55.2 Å². The fourth-order valence-electron chi connectivity index (χ4n) is 4.21. The normalized spacial score (nSPS) is 22.1. The van der Waals surface area contributed by atoms with Crippen LogP contribution in [0.2, 0.25) is 5.02 Å². The van der Waals surface area contributed by atoms with E-state index in [0.717, 1.165) is 31.7 Å². The largest absolute Gasteiger partial charge is 0.481 e. The van der Waals surface area contributed by atoms with Gasteiger partial charge >= 0.3 is 0 Å². The number of rotatable bonds is 5. The summed E-state index contributed by atoms with van der Waals surface area (Å²) < 4.78 is 57.8. The van der Waals surface area contributed by atoms with Crippen molar-refractivity contribution in [2.75, 3.05) is 0 Å². The predicted octanol–water partition coefficient (Wildman–Crippen LogP) is 3.84. The summed E-state index contributed by atoms with van der Waals surface area (Å²) >= 11 is 6.05. The molecule has 1 fully saturated rings. The molecule has 2 atom stereocenters. The molecule has 1 saturated carbocycles. The minimum atomic E-state index is -4.03. The molecule has 156 valence electrons. The Kier molecular flexibility index (Phi) is 5.54. The second-order valence-electron chi connectivity index (χ2n) is 7.59. The van der Waals surface area contributed by atoms with Crippen LogP contribution in [0, 0.1) is 11.6 Å². The highest BCUT2D eigenvalue weighted by molar-refractivity contribution is 7.89. The number of fused-ring (bicyclic) bond motifs is 1. The van der Waals surface area contributed by atoms with Crippen LogP contribution in [0.4, 0.5) is 8.78 Å². The van der Waals surface area contributed by atoms with Crippen molar-refractivity contribution in [3.63, 3.8) is 0 Å². The summed E-state index contributed by atoms with van der Waals surface area (Å²) in [6, 6.07) is 6.17. The third-order valence-corrected chi connectivity index (χ3v) is 6.71. The van der Waals surface area contributed by atoms with E-state index in [9.17, 15) is 17.2 Å². The van der Waals surface area contributed by atoms with Gasteiger partial charge in [0.15, 0.2) is 11.6 Å². The van der Waals surface area contributed by atoms with Crippen molar-refractivity contribution in [1.82, 2.24) is 5.32 Å². The maximum absolute atomic E-state index is 14.5. The number of hydrogen-bond donors (Lipinski definition) is 2. The van der Waals surface area contributed by atoms with E-state index in [1.54, 1.807) is 6.07 Å². The fourth-order valence-corrected chi connectivity index (χ4v) is 4.95. The van der Waals surface area contributed by atoms with Gasteiger partial charge in [-0.15, -0.1) is 0 Å². The lowest BCUT2D eigenvalue weighted by molar-refractivity contribution is 0.153. The molecule has 0 radical (unpaired) electrons. The Balaban J connectivity index is 1.67. The highest BCUT2D eigenvalue weighted by Crippen LogP contribution is 2.40. The van der Waals surface area contributed by atoms with Crippen LogP contribution >= 0.6 is 11.6 Å². The van der Waals surface area contributed by atoms with E-state index in [1.807, 2.05) is 0 Å². The summed E-state index contributed by atoms with van der Waals surface area (Å²) in [6.07, 6.45) is 4.06. The molecule has 0 bridgehead atoms.